The third kappa shape index (κ3) is 9.41. The Bertz CT molecular complexity index is 1510. The van der Waals surface area contributed by atoms with E-state index in [1.54, 1.807) is 12.8 Å². The lowest BCUT2D eigenvalue weighted by Gasteiger charge is -2.55. The van der Waals surface area contributed by atoms with E-state index in [4.69, 9.17) is 19.9 Å². The van der Waals surface area contributed by atoms with Crippen LogP contribution < -0.4 is 11.1 Å². The van der Waals surface area contributed by atoms with Crippen molar-refractivity contribution in [3.8, 4) is 0 Å². The average molecular weight is 819 g/mol. The molecule has 16 heteroatoms. The van der Waals surface area contributed by atoms with E-state index >= 15 is 0 Å². The van der Waals surface area contributed by atoms with Crippen molar-refractivity contribution in [3.05, 3.63) is 30.3 Å². The fourth-order valence-corrected chi connectivity index (χ4v) is 10.4. The lowest BCUT2D eigenvalue weighted by Crippen LogP contribution is -2.81. The number of aliphatic hydroxyl groups is 6. The second-order valence-corrected chi connectivity index (χ2v) is 17.8. The van der Waals surface area contributed by atoms with Gasteiger partial charge in [-0.05, 0) is 81.5 Å². The first-order valence-electron chi connectivity index (χ1n) is 21.2. The molecule has 10 N–H and O–H groups in total. The number of amides is 1. The quantitative estimate of drug-likeness (QED) is 0.0456. The Balaban J connectivity index is 1.19. The van der Waals surface area contributed by atoms with Crippen LogP contribution in [0.2, 0.25) is 0 Å². The number of aliphatic hydroxyl groups excluding tert-OH is 4. The zero-order valence-electron chi connectivity index (χ0n) is 33.3. The molecule has 6 rings (SSSR count). The summed E-state index contributed by atoms with van der Waals surface area (Å²) in [6.45, 7) is 3.80. The van der Waals surface area contributed by atoms with E-state index < -0.39 is 90.2 Å². The van der Waals surface area contributed by atoms with Crippen LogP contribution in [0.25, 0.3) is 0 Å². The molecule has 1 amide bonds. The van der Waals surface area contributed by atoms with E-state index in [-0.39, 0.29) is 43.4 Å². The normalized spacial score (nSPS) is 41.2. The maximum Gasteiger partial charge on any atom is 0.335 e. The predicted molar refractivity (Wildman–Crippen MR) is 208 cm³/mol. The van der Waals surface area contributed by atoms with Gasteiger partial charge in [-0.2, -0.15) is 0 Å². The molecule has 16 nitrogen and oxygen atoms in total. The van der Waals surface area contributed by atoms with Gasteiger partial charge in [-0.1, -0.05) is 38.3 Å². The Morgan fingerprint density at radius 1 is 1.05 bits per heavy atom. The van der Waals surface area contributed by atoms with Gasteiger partial charge in [-0.25, -0.2) is 4.79 Å². The Morgan fingerprint density at radius 3 is 2.41 bits per heavy atom. The number of nitrogens with zero attached hydrogens (tertiary/aromatic N) is 1. The molecule has 6 unspecified atom stereocenters. The van der Waals surface area contributed by atoms with Crippen LogP contribution in [0.5, 0.6) is 0 Å². The maximum atomic E-state index is 12.7. The van der Waals surface area contributed by atoms with Crippen molar-refractivity contribution in [1.29, 1.82) is 0 Å². The van der Waals surface area contributed by atoms with Gasteiger partial charge in [0.25, 0.3) is 0 Å². The van der Waals surface area contributed by atoms with Gasteiger partial charge in [0.05, 0.1) is 30.5 Å². The molecule has 5 fully saturated rings. The lowest BCUT2D eigenvalue weighted by molar-refractivity contribution is -0.384. The molecule has 3 aliphatic heterocycles. The summed E-state index contributed by atoms with van der Waals surface area (Å²) >= 11 is 0. The molecule has 14 atom stereocenters. The number of hydrogen-bond acceptors (Lipinski definition) is 14. The van der Waals surface area contributed by atoms with Gasteiger partial charge in [-0.3, -0.25) is 14.9 Å². The number of carbonyl (C=O) groups excluding carboxylic acids is 2. The minimum atomic E-state index is -3.29. The summed E-state index contributed by atoms with van der Waals surface area (Å²) in [5.74, 6) is -3.15. The molecular weight excluding hydrogens is 754 g/mol. The standard InChI is InChI=1S/C42H63N3O13/c1-23(6-5-9-24-7-3-2-4-8-24)27(18-25-16-17-44-20-25)21-45-39(53)42(55)40(58-35(38(51)52)36(49)41(42,54)22-46)56-29-14-15-30-31(19-29)57-34(37(43)50)32(33(30)48)26-10-12-28(47)13-11-26/h5,9,16-17,20,22-24,26-36,39-40,45,47-49,53-55H,2-4,6-8,10-15,18-19,21H2,1H3,(H2-,43,50,51,52)/p+1/t23-,26?,27+,28?,29?,30?,31?,32?,33?,34?,35+,36-,39-,40-,41+,42-/m1/s1. The summed E-state index contributed by atoms with van der Waals surface area (Å²) in [6.07, 6.45) is 4.67. The highest BCUT2D eigenvalue weighted by molar-refractivity contribution is 5.82. The van der Waals surface area contributed by atoms with Gasteiger partial charge in [0.2, 0.25) is 5.91 Å². The van der Waals surface area contributed by atoms with Crippen molar-refractivity contribution >= 4 is 24.4 Å². The summed E-state index contributed by atoms with van der Waals surface area (Å²) < 4.78 is 18.1. The highest BCUT2D eigenvalue weighted by atomic mass is 16.7. The number of carbonyl (C=O) groups is 3. The molecule has 6 aliphatic rings. The van der Waals surface area contributed by atoms with Crippen LogP contribution in [0.4, 0.5) is 0 Å². The van der Waals surface area contributed by atoms with Gasteiger partial charge >= 0.3 is 5.97 Å². The molecule has 0 aromatic rings. The van der Waals surface area contributed by atoms with Crippen LogP contribution in [0.15, 0.2) is 28.8 Å². The number of aliphatic imine (C=N–C) groups is 1. The van der Waals surface area contributed by atoms with Crippen molar-refractivity contribution in [2.75, 3.05) is 6.54 Å². The first-order chi connectivity index (χ1) is 27.7. The predicted octanol–water partition coefficient (Wildman–Crippen LogP) is 1.03. The van der Waals surface area contributed by atoms with Crippen molar-refractivity contribution < 1.29 is 64.3 Å². The highest BCUT2D eigenvalue weighted by Gasteiger charge is 2.71. The Morgan fingerprint density at radius 2 is 1.78 bits per heavy atom. The fraction of sp³-hybridized carbons (Fsp3) is 0.786. The number of nitrogens with one attached hydrogen (secondary N) is 1. The van der Waals surface area contributed by atoms with Crippen LogP contribution in [0.1, 0.15) is 96.8 Å². The minimum absolute atomic E-state index is 0.0164. The number of hydrogen-bond donors (Lipinski definition) is 9. The maximum absolute atomic E-state index is 12.7. The van der Waals surface area contributed by atoms with E-state index in [1.165, 1.54) is 19.3 Å². The van der Waals surface area contributed by atoms with Gasteiger partial charge in [0, 0.05) is 31.2 Å². The number of aliphatic carboxylic acids is 1. The lowest BCUT2D eigenvalue weighted by atomic mass is 9.66. The number of nitrogens with two attached hydrogens (primary N) is 1. The van der Waals surface area contributed by atoms with Gasteiger partial charge < -0.3 is 55.7 Å². The largest absolute Gasteiger partial charge is 0.479 e. The highest BCUT2D eigenvalue weighted by Crippen LogP contribution is 2.47. The number of primary amides is 1. The number of aldehydes is 1. The Hall–Kier alpha value is -2.77. The van der Waals surface area contributed by atoms with E-state index in [1.807, 2.05) is 6.08 Å². The number of rotatable bonds is 16. The third-order valence-corrected chi connectivity index (χ3v) is 14.1. The van der Waals surface area contributed by atoms with E-state index in [2.05, 4.69) is 29.4 Å². The van der Waals surface area contributed by atoms with Crippen molar-refractivity contribution in [3.63, 3.8) is 0 Å². The minimum Gasteiger partial charge on any atom is -0.479 e. The fourth-order valence-electron chi connectivity index (χ4n) is 10.4. The first-order valence-corrected chi connectivity index (χ1v) is 21.2. The average Bonchev–Trinajstić information content (AvgIpc) is 3.73. The summed E-state index contributed by atoms with van der Waals surface area (Å²) in [6, 6.07) is 0. The zero-order valence-corrected chi connectivity index (χ0v) is 33.3. The molecule has 0 spiro atoms. The van der Waals surface area contributed by atoms with Crippen molar-refractivity contribution in [2.24, 2.45) is 46.2 Å². The molecule has 0 aromatic heterocycles. The number of ether oxygens (including phenoxy) is 3. The summed E-state index contributed by atoms with van der Waals surface area (Å²) in [4.78, 5) is 41.9. The molecule has 58 heavy (non-hydrogen) atoms. The van der Waals surface area contributed by atoms with Crippen LogP contribution in [-0.4, -0.2) is 133 Å². The molecule has 0 aromatic carbocycles. The summed E-state index contributed by atoms with van der Waals surface area (Å²) in [7, 11) is 0. The van der Waals surface area contributed by atoms with Gasteiger partial charge in [0.15, 0.2) is 36.1 Å². The molecule has 2 saturated heterocycles. The van der Waals surface area contributed by atoms with Crippen molar-refractivity contribution in [2.45, 2.75) is 163 Å². The van der Waals surface area contributed by atoms with Crippen LogP contribution in [0.3, 0.4) is 0 Å². The summed E-state index contributed by atoms with van der Waals surface area (Å²) in [5, 5.41) is 81.4. The molecule has 0 bridgehead atoms. The molecule has 3 saturated carbocycles. The SMILES string of the molecule is C[C@H](CC=CC1CCCCC1)[C@H](CN[C@H](O)[C@@]1(O)[C@H](OC2CCC3C(C2)OC(C(N)=O)C(C2CCC(O)CC2)C3O)O[C@H](C(=O)O)[C@@H](O)[C@@]1(O)C=O)CC1=C[CH+]N=C1. The Kier molecular flexibility index (Phi) is 14.9. The van der Waals surface area contributed by atoms with E-state index in [0.717, 1.165) is 24.8 Å². The third-order valence-electron chi connectivity index (χ3n) is 14.1. The smallest absolute Gasteiger partial charge is 0.335 e. The molecule has 3 heterocycles. The first kappa shape index (κ1) is 44.8. The number of fused-ring (bicyclic) bond motifs is 1. The number of carboxylic acids is 1. The van der Waals surface area contributed by atoms with Crippen LogP contribution in [-0.2, 0) is 28.6 Å². The van der Waals surface area contributed by atoms with E-state index in [9.17, 15) is 50.1 Å². The topological polar surface area (TPSA) is 271 Å². The molecule has 3 aliphatic carbocycles. The van der Waals surface area contributed by atoms with Crippen LogP contribution >= 0.6 is 0 Å². The molecular formula is C42H64N3O13+. The second-order valence-electron chi connectivity index (χ2n) is 17.8. The number of carboxylic acid groups (broad SMARTS) is 1. The van der Waals surface area contributed by atoms with Crippen LogP contribution in [0, 0.1) is 42.1 Å². The molecule has 324 valence electrons. The zero-order chi connectivity index (χ0) is 41.8. The van der Waals surface area contributed by atoms with Gasteiger partial charge in [0.1, 0.15) is 30.6 Å². The molecule has 0 radical (unpaired) electrons. The monoisotopic (exact) mass is 818 g/mol. The van der Waals surface area contributed by atoms with Gasteiger partial charge in [-0.15, -0.1) is 4.99 Å². The second kappa shape index (κ2) is 19.3. The Labute approximate surface area is 339 Å². The van der Waals surface area contributed by atoms with E-state index in [0.29, 0.717) is 44.4 Å². The van der Waals surface area contributed by atoms with Crippen molar-refractivity contribution in [1.82, 2.24) is 5.32 Å². The number of allylic oxidation sites excluding steroid dienone is 3. The summed E-state index contributed by atoms with van der Waals surface area (Å²) in [5.41, 5.74) is 0.307.